The largest absolute Gasteiger partial charge is 2.00 e. The Morgan fingerprint density at radius 3 is 1.09 bits per heavy atom. The Morgan fingerprint density at radius 1 is 0.818 bits per heavy atom. The molecule has 0 aliphatic rings. The van der Waals surface area contributed by atoms with Crippen molar-refractivity contribution in [2.75, 3.05) is 0 Å². The maximum Gasteiger partial charge on any atom is 2.00 e. The quantitative estimate of drug-likeness (QED) is 0.237. The molecule has 4 N–H and O–H groups in total. The van der Waals surface area contributed by atoms with Crippen LogP contribution in [0.1, 0.15) is 12.8 Å². The molecule has 0 aromatic carbocycles. The fraction of sp³-hybridized carbons (Fsp3) is 0.500. The zero-order chi connectivity index (χ0) is 17.8. The number of carbonyl (C=O) groups is 3. The van der Waals surface area contributed by atoms with E-state index in [0.717, 1.165) is 0 Å². The molecule has 0 aliphatic carbocycles. The summed E-state index contributed by atoms with van der Waals surface area (Å²) in [6, 6.07) is 0. The second-order valence-electron chi connectivity index (χ2n) is 2.92. The monoisotopic (exact) mass is 374 g/mol. The van der Waals surface area contributed by atoms with Gasteiger partial charge in [-0.15, -0.1) is 0 Å². The van der Waals surface area contributed by atoms with Gasteiger partial charge in [0.05, 0.1) is 23.0 Å². The summed E-state index contributed by atoms with van der Waals surface area (Å²) in [7, 11) is 0. The molecule has 0 aromatic rings. The molecule has 22 heavy (non-hydrogen) atoms. The SMILES string of the molecule is O=C(O)CC(O)(CC(=O)O)C(=O)O.O=[N+]([O-])[O-].O=[N+]([O-])[O-].[Ni+2]. The Kier molecular flexibility index (Phi) is 16.6. The van der Waals surface area contributed by atoms with Gasteiger partial charge in [-0.1, -0.05) is 0 Å². The molecule has 16 heteroatoms. The smallest absolute Gasteiger partial charge is 0.481 e. The van der Waals surface area contributed by atoms with Crippen LogP contribution in [-0.4, -0.2) is 54.1 Å². The predicted molar refractivity (Wildman–Crippen MR) is 57.8 cm³/mol. The van der Waals surface area contributed by atoms with Crippen LogP contribution in [0, 0.1) is 30.6 Å². The van der Waals surface area contributed by atoms with Crippen LogP contribution in [0.25, 0.3) is 0 Å². The van der Waals surface area contributed by atoms with Crippen LogP contribution in [-0.2, 0) is 30.9 Å². The number of nitrogens with zero attached hydrogens (tertiary/aromatic N) is 2. The van der Waals surface area contributed by atoms with Crippen molar-refractivity contribution in [2.24, 2.45) is 0 Å². The van der Waals surface area contributed by atoms with Gasteiger partial charge in [0, 0.05) is 0 Å². The molecule has 0 rings (SSSR count). The number of carboxylic acid groups (broad SMARTS) is 3. The Hall–Kier alpha value is -2.74. The van der Waals surface area contributed by atoms with E-state index in [0.29, 0.717) is 0 Å². The van der Waals surface area contributed by atoms with Crippen LogP contribution in [0.4, 0.5) is 0 Å². The van der Waals surface area contributed by atoms with Gasteiger partial charge in [0.25, 0.3) is 0 Å². The molecule has 0 saturated heterocycles. The molecule has 0 bridgehead atoms. The molecular formula is C6H8N2NiO13. The molecule has 130 valence electrons. The standard InChI is InChI=1S/C6H8O7.2NO3.Ni/c7-3(8)1-6(13,5(11)12)2-4(9)10;2*2-1(3)4;/h13H,1-2H2,(H,7,8)(H,9,10)(H,11,12);;;/q;2*-1;+2. The summed E-state index contributed by atoms with van der Waals surface area (Å²) >= 11 is 0. The van der Waals surface area contributed by atoms with Gasteiger partial charge in [-0.3, -0.25) is 9.59 Å². The summed E-state index contributed by atoms with van der Waals surface area (Å²) in [6.07, 6.45) is -2.29. The molecule has 0 aliphatic heterocycles. The third-order valence-electron chi connectivity index (χ3n) is 1.29. The van der Waals surface area contributed by atoms with Gasteiger partial charge in [0.15, 0.2) is 5.60 Å². The van der Waals surface area contributed by atoms with Crippen molar-refractivity contribution in [1.29, 1.82) is 0 Å². The second kappa shape index (κ2) is 13.3. The van der Waals surface area contributed by atoms with E-state index in [9.17, 15) is 14.4 Å². The van der Waals surface area contributed by atoms with Crippen LogP contribution in [0.5, 0.6) is 0 Å². The fourth-order valence-corrected chi connectivity index (χ4v) is 0.714. The summed E-state index contributed by atoms with van der Waals surface area (Å²) in [5.74, 6) is -5.02. The first kappa shape index (κ1) is 27.6. The van der Waals surface area contributed by atoms with Crippen LogP contribution in [0.2, 0.25) is 0 Å². The van der Waals surface area contributed by atoms with Crippen LogP contribution in [0.3, 0.4) is 0 Å². The summed E-state index contributed by atoms with van der Waals surface area (Å²) in [5.41, 5.74) is -2.74. The van der Waals surface area contributed by atoms with Gasteiger partial charge < -0.3 is 51.1 Å². The van der Waals surface area contributed by atoms with Gasteiger partial charge in [0.1, 0.15) is 0 Å². The molecule has 0 amide bonds. The van der Waals surface area contributed by atoms with Gasteiger partial charge in [0.2, 0.25) is 0 Å². The Labute approximate surface area is 129 Å². The van der Waals surface area contributed by atoms with Crippen molar-refractivity contribution in [3.8, 4) is 0 Å². The fourth-order valence-electron chi connectivity index (χ4n) is 0.714. The van der Waals surface area contributed by atoms with Gasteiger partial charge in [-0.05, 0) is 0 Å². The molecule has 0 atom stereocenters. The van der Waals surface area contributed by atoms with Crippen molar-refractivity contribution < 1.29 is 61.5 Å². The molecule has 0 spiro atoms. The topological polar surface area (TPSA) is 265 Å². The number of rotatable bonds is 5. The molecule has 0 unspecified atom stereocenters. The van der Waals surface area contributed by atoms with Gasteiger partial charge in [-0.25, -0.2) is 4.79 Å². The summed E-state index contributed by atoms with van der Waals surface area (Å²) in [4.78, 5) is 47.0. The Bertz CT molecular complexity index is 373. The number of hydrogen-bond donors (Lipinski definition) is 4. The van der Waals surface area contributed by atoms with E-state index >= 15 is 0 Å². The molecule has 0 saturated carbocycles. The van der Waals surface area contributed by atoms with E-state index in [1.165, 1.54) is 0 Å². The maximum absolute atomic E-state index is 10.3. The summed E-state index contributed by atoms with van der Waals surface area (Å²) in [6.45, 7) is 0. The van der Waals surface area contributed by atoms with Gasteiger partial charge in [-0.2, -0.15) is 0 Å². The zero-order valence-corrected chi connectivity index (χ0v) is 11.1. The number of aliphatic hydroxyl groups is 1. The van der Waals surface area contributed by atoms with E-state index in [-0.39, 0.29) is 16.5 Å². The van der Waals surface area contributed by atoms with E-state index in [1.54, 1.807) is 0 Å². The summed E-state index contributed by atoms with van der Waals surface area (Å²) in [5, 5.41) is 63.3. The minimum atomic E-state index is -2.74. The van der Waals surface area contributed by atoms with Gasteiger partial charge >= 0.3 is 34.4 Å². The minimum absolute atomic E-state index is 0. The van der Waals surface area contributed by atoms with E-state index < -0.39 is 46.5 Å². The first-order valence-corrected chi connectivity index (χ1v) is 4.27. The first-order chi connectivity index (χ1) is 9.24. The van der Waals surface area contributed by atoms with E-state index in [4.69, 9.17) is 51.1 Å². The molecule has 0 radical (unpaired) electrons. The molecular weight excluding hydrogens is 367 g/mol. The summed E-state index contributed by atoms with van der Waals surface area (Å²) < 4.78 is 0. The van der Waals surface area contributed by atoms with Crippen molar-refractivity contribution in [3.05, 3.63) is 30.6 Å². The molecule has 0 heterocycles. The zero-order valence-electron chi connectivity index (χ0n) is 10.1. The van der Waals surface area contributed by atoms with Crippen molar-refractivity contribution in [3.63, 3.8) is 0 Å². The minimum Gasteiger partial charge on any atom is -0.481 e. The first-order valence-electron chi connectivity index (χ1n) is 4.27. The van der Waals surface area contributed by atoms with E-state index in [1.807, 2.05) is 0 Å². The van der Waals surface area contributed by atoms with Crippen LogP contribution in [0.15, 0.2) is 0 Å². The Morgan fingerprint density at radius 2 is 1.00 bits per heavy atom. The maximum atomic E-state index is 10.3. The van der Waals surface area contributed by atoms with Crippen molar-refractivity contribution >= 4 is 17.9 Å². The van der Waals surface area contributed by atoms with Crippen LogP contribution >= 0.6 is 0 Å². The number of hydrogen-bond acceptors (Lipinski definition) is 10. The number of carboxylic acids is 3. The second-order valence-corrected chi connectivity index (χ2v) is 2.92. The third-order valence-corrected chi connectivity index (χ3v) is 1.29. The molecule has 0 fully saturated rings. The molecule has 0 aromatic heterocycles. The predicted octanol–water partition coefficient (Wildman–Crippen LogP) is -1.73. The molecule has 15 nitrogen and oxygen atoms in total. The van der Waals surface area contributed by atoms with Crippen LogP contribution < -0.4 is 0 Å². The van der Waals surface area contributed by atoms with E-state index in [2.05, 4.69) is 0 Å². The number of aliphatic carboxylic acids is 3. The van der Waals surface area contributed by atoms with Crippen molar-refractivity contribution in [2.45, 2.75) is 18.4 Å². The Balaban J connectivity index is -0.000000150. The van der Waals surface area contributed by atoms with Crippen molar-refractivity contribution in [1.82, 2.24) is 0 Å². The third kappa shape index (κ3) is 26.0. The normalized spacial score (nSPS) is 8.59. The average Bonchev–Trinajstić information content (AvgIpc) is 2.11. The average molecular weight is 375 g/mol.